The Hall–Kier alpha value is -2.19. The van der Waals surface area contributed by atoms with E-state index in [0.717, 1.165) is 5.57 Å². The molecule has 9 heteroatoms. The number of amides is 2. The first-order valence-electron chi connectivity index (χ1n) is 6.46. The molecule has 1 aromatic rings. The van der Waals surface area contributed by atoms with Gasteiger partial charge in [0.2, 0.25) is 0 Å². The molecule has 1 rings (SSSR count). The van der Waals surface area contributed by atoms with Gasteiger partial charge in [-0.1, -0.05) is 12.5 Å². The van der Waals surface area contributed by atoms with Crippen molar-refractivity contribution in [3.8, 4) is 0 Å². The topological polar surface area (TPSA) is 41.1 Å². The summed E-state index contributed by atoms with van der Waals surface area (Å²) in [6.07, 6.45) is -7.99. The molecule has 128 valence electrons. The Labute approximate surface area is 128 Å². The number of halogens is 6. The van der Waals surface area contributed by atoms with Crippen LogP contribution >= 0.6 is 0 Å². The van der Waals surface area contributed by atoms with Crippen LogP contribution < -0.4 is 10.6 Å². The van der Waals surface area contributed by atoms with Crippen LogP contribution in [0.25, 0.3) is 0 Å². The van der Waals surface area contributed by atoms with E-state index in [4.69, 9.17) is 0 Å². The van der Waals surface area contributed by atoms with E-state index in [9.17, 15) is 31.1 Å². The quantitative estimate of drug-likeness (QED) is 0.733. The van der Waals surface area contributed by atoms with Gasteiger partial charge in [-0.3, -0.25) is 0 Å². The molecule has 0 saturated heterocycles. The molecule has 2 amide bonds. The maximum absolute atomic E-state index is 12.7. The second kappa shape index (κ2) is 6.93. The number of hydrogen-bond acceptors (Lipinski definition) is 1. The number of anilines is 1. The molecule has 2 N–H and O–H groups in total. The van der Waals surface area contributed by atoms with Crippen LogP contribution in [-0.2, 0) is 12.4 Å². The van der Waals surface area contributed by atoms with E-state index in [1.807, 2.05) is 12.2 Å². The zero-order valence-electron chi connectivity index (χ0n) is 12.2. The number of alkyl halides is 6. The highest BCUT2D eigenvalue weighted by molar-refractivity contribution is 5.90. The lowest BCUT2D eigenvalue weighted by molar-refractivity contribution is -0.143. The first-order chi connectivity index (χ1) is 10.4. The molecule has 1 aromatic carbocycles. The highest BCUT2D eigenvalue weighted by Gasteiger charge is 2.37. The standard InChI is InChI=1S/C14H14F6N2O/c1-3-8(2)7-21-12(23)22-11-5-9(13(15,16)17)4-10(6-11)14(18,19)20/h4-7H,3H2,1-2H3,(H2,21,22,23)/b8-7+. The lowest BCUT2D eigenvalue weighted by Gasteiger charge is -2.14. The van der Waals surface area contributed by atoms with Crippen molar-refractivity contribution >= 4 is 11.7 Å². The molecular formula is C14H14F6N2O. The maximum Gasteiger partial charge on any atom is 0.416 e. The number of urea groups is 1. The van der Waals surface area contributed by atoms with Crippen LogP contribution in [0, 0.1) is 0 Å². The molecule has 0 spiro atoms. The second-order valence-electron chi connectivity index (χ2n) is 4.74. The first kappa shape index (κ1) is 18.9. The van der Waals surface area contributed by atoms with Crippen molar-refractivity contribution < 1.29 is 31.1 Å². The van der Waals surface area contributed by atoms with Crippen molar-refractivity contribution in [2.45, 2.75) is 32.6 Å². The lowest BCUT2D eigenvalue weighted by Crippen LogP contribution is -2.25. The molecule has 0 heterocycles. The van der Waals surface area contributed by atoms with Gasteiger partial charge in [0.1, 0.15) is 0 Å². The summed E-state index contributed by atoms with van der Waals surface area (Å²) in [5.41, 5.74) is -2.82. The van der Waals surface area contributed by atoms with E-state index in [1.165, 1.54) is 6.20 Å². The molecule has 0 aliphatic heterocycles. The van der Waals surface area contributed by atoms with Gasteiger partial charge in [0.25, 0.3) is 0 Å². The average molecular weight is 340 g/mol. The molecule has 23 heavy (non-hydrogen) atoms. The van der Waals surface area contributed by atoms with E-state index in [0.29, 0.717) is 18.6 Å². The summed E-state index contributed by atoms with van der Waals surface area (Å²) in [6.45, 7) is 3.51. The Morgan fingerprint density at radius 3 is 1.91 bits per heavy atom. The fourth-order valence-electron chi connectivity index (χ4n) is 1.49. The number of hydrogen-bond donors (Lipinski definition) is 2. The van der Waals surface area contributed by atoms with Gasteiger partial charge in [-0.25, -0.2) is 4.79 Å². The number of carbonyl (C=O) groups excluding carboxylic acids is 1. The monoisotopic (exact) mass is 340 g/mol. The minimum atomic E-state index is -4.97. The number of rotatable bonds is 3. The van der Waals surface area contributed by atoms with Crippen LogP contribution in [0.4, 0.5) is 36.8 Å². The van der Waals surface area contributed by atoms with Crippen molar-refractivity contribution in [1.29, 1.82) is 0 Å². The van der Waals surface area contributed by atoms with Crippen molar-refractivity contribution in [2.24, 2.45) is 0 Å². The van der Waals surface area contributed by atoms with Gasteiger partial charge in [-0.2, -0.15) is 26.3 Å². The summed E-state index contributed by atoms with van der Waals surface area (Å²) in [6, 6.07) is -0.0778. The molecule has 0 bridgehead atoms. The molecule has 0 aromatic heterocycles. The van der Waals surface area contributed by atoms with Gasteiger partial charge in [0.15, 0.2) is 0 Å². The van der Waals surface area contributed by atoms with Crippen LogP contribution in [0.3, 0.4) is 0 Å². The fourth-order valence-corrected chi connectivity index (χ4v) is 1.49. The van der Waals surface area contributed by atoms with Crippen molar-refractivity contribution in [2.75, 3.05) is 5.32 Å². The van der Waals surface area contributed by atoms with Gasteiger partial charge in [-0.15, -0.1) is 0 Å². The Kier molecular flexibility index (Phi) is 5.68. The lowest BCUT2D eigenvalue weighted by atomic mass is 10.1. The molecule has 0 radical (unpaired) electrons. The fraction of sp³-hybridized carbons (Fsp3) is 0.357. The number of benzene rings is 1. The van der Waals surface area contributed by atoms with Gasteiger partial charge in [-0.05, 0) is 31.5 Å². The predicted molar refractivity (Wildman–Crippen MR) is 72.6 cm³/mol. The second-order valence-corrected chi connectivity index (χ2v) is 4.74. The number of nitrogens with one attached hydrogen (secondary N) is 2. The van der Waals surface area contributed by atoms with E-state index < -0.39 is 35.2 Å². The molecule has 0 unspecified atom stereocenters. The SMILES string of the molecule is CC/C(C)=C/NC(=O)Nc1cc(C(F)(F)F)cc(C(F)(F)F)c1. The summed E-state index contributed by atoms with van der Waals surface area (Å²) in [7, 11) is 0. The zero-order valence-corrected chi connectivity index (χ0v) is 12.2. The Morgan fingerprint density at radius 2 is 1.52 bits per heavy atom. The summed E-state index contributed by atoms with van der Waals surface area (Å²) < 4.78 is 76.0. The summed E-state index contributed by atoms with van der Waals surface area (Å²) in [5, 5.41) is 4.18. The smallest absolute Gasteiger partial charge is 0.314 e. The molecule has 0 saturated carbocycles. The third kappa shape index (κ3) is 5.84. The van der Waals surface area contributed by atoms with E-state index in [-0.39, 0.29) is 6.07 Å². The Balaban J connectivity index is 3.09. The first-order valence-corrected chi connectivity index (χ1v) is 6.46. The van der Waals surface area contributed by atoms with E-state index in [1.54, 1.807) is 6.92 Å². The third-order valence-electron chi connectivity index (χ3n) is 2.85. The van der Waals surface area contributed by atoms with Crippen LogP contribution in [-0.4, -0.2) is 6.03 Å². The Morgan fingerprint density at radius 1 is 1.04 bits per heavy atom. The number of allylic oxidation sites excluding steroid dienone is 1. The van der Waals surface area contributed by atoms with Crippen LogP contribution in [0.5, 0.6) is 0 Å². The average Bonchev–Trinajstić information content (AvgIpc) is 2.42. The van der Waals surface area contributed by atoms with Gasteiger partial charge in [0, 0.05) is 11.9 Å². The Bertz CT molecular complexity index is 572. The largest absolute Gasteiger partial charge is 0.416 e. The van der Waals surface area contributed by atoms with Gasteiger partial charge >= 0.3 is 18.4 Å². The molecule has 0 aliphatic carbocycles. The molecule has 0 fully saturated rings. The van der Waals surface area contributed by atoms with Crippen LogP contribution in [0.15, 0.2) is 30.0 Å². The zero-order chi connectivity index (χ0) is 17.8. The van der Waals surface area contributed by atoms with Crippen LogP contribution in [0.2, 0.25) is 0 Å². The normalized spacial score (nSPS) is 13.0. The number of carbonyl (C=O) groups is 1. The minimum Gasteiger partial charge on any atom is -0.314 e. The highest BCUT2D eigenvalue weighted by atomic mass is 19.4. The molecular weight excluding hydrogens is 326 g/mol. The molecule has 0 atom stereocenters. The van der Waals surface area contributed by atoms with Crippen molar-refractivity contribution in [1.82, 2.24) is 5.32 Å². The van der Waals surface area contributed by atoms with E-state index >= 15 is 0 Å². The van der Waals surface area contributed by atoms with Crippen molar-refractivity contribution in [3.05, 3.63) is 41.1 Å². The van der Waals surface area contributed by atoms with Gasteiger partial charge in [0.05, 0.1) is 11.1 Å². The predicted octanol–water partition coefficient (Wildman–Crippen LogP) is 5.16. The highest BCUT2D eigenvalue weighted by Crippen LogP contribution is 2.37. The molecule has 3 nitrogen and oxygen atoms in total. The maximum atomic E-state index is 12.7. The minimum absolute atomic E-state index is 0.00970. The summed E-state index contributed by atoms with van der Waals surface area (Å²) in [4.78, 5) is 11.5. The van der Waals surface area contributed by atoms with E-state index in [2.05, 4.69) is 5.32 Å². The summed E-state index contributed by atoms with van der Waals surface area (Å²) in [5.74, 6) is 0. The van der Waals surface area contributed by atoms with Crippen LogP contribution in [0.1, 0.15) is 31.4 Å². The van der Waals surface area contributed by atoms with Crippen molar-refractivity contribution in [3.63, 3.8) is 0 Å². The summed E-state index contributed by atoms with van der Waals surface area (Å²) >= 11 is 0. The molecule has 0 aliphatic rings. The third-order valence-corrected chi connectivity index (χ3v) is 2.85. The van der Waals surface area contributed by atoms with Gasteiger partial charge < -0.3 is 10.6 Å².